The first-order valence-electron chi connectivity index (χ1n) is 6.22. The molecule has 1 aliphatic rings. The van der Waals surface area contributed by atoms with Crippen LogP contribution in [0.3, 0.4) is 0 Å². The van der Waals surface area contributed by atoms with E-state index < -0.39 is 0 Å². The first-order chi connectivity index (χ1) is 8.09. The van der Waals surface area contributed by atoms with Gasteiger partial charge < -0.3 is 9.64 Å². The zero-order chi connectivity index (χ0) is 12.4. The Morgan fingerprint density at radius 1 is 1.24 bits per heavy atom. The highest BCUT2D eigenvalue weighted by molar-refractivity contribution is 5.52. The normalized spacial score (nSPS) is 16.6. The van der Waals surface area contributed by atoms with E-state index in [1.807, 2.05) is 20.8 Å². The molecule has 3 heteroatoms. The second-order valence-electron chi connectivity index (χ2n) is 4.91. The van der Waals surface area contributed by atoms with E-state index in [2.05, 4.69) is 11.0 Å². The molecule has 1 aliphatic heterocycles. The number of aryl methyl sites for hydroxylation is 1. The molecule has 0 radical (unpaired) electrons. The molecule has 1 saturated heterocycles. The molecule has 0 unspecified atom stereocenters. The van der Waals surface area contributed by atoms with Crippen molar-refractivity contribution in [2.24, 2.45) is 0 Å². The molecule has 94 valence electrons. The van der Waals surface area contributed by atoms with Crippen LogP contribution >= 0.6 is 0 Å². The van der Waals surface area contributed by atoms with Gasteiger partial charge >= 0.3 is 0 Å². The van der Waals surface area contributed by atoms with Crippen molar-refractivity contribution in [1.29, 1.82) is 0 Å². The average Bonchev–Trinajstić information content (AvgIpc) is 2.28. The smallest absolute Gasteiger partial charge is 0.128 e. The van der Waals surface area contributed by atoms with Crippen molar-refractivity contribution in [2.45, 2.75) is 26.7 Å². The lowest BCUT2D eigenvalue weighted by Gasteiger charge is -2.29. The molecule has 1 aromatic rings. The van der Waals surface area contributed by atoms with Crippen molar-refractivity contribution in [3.8, 4) is 0 Å². The summed E-state index contributed by atoms with van der Waals surface area (Å²) in [6, 6.07) is 3.75. The Kier molecular flexibility index (Phi) is 3.67. The van der Waals surface area contributed by atoms with E-state index in [4.69, 9.17) is 4.74 Å². The van der Waals surface area contributed by atoms with Gasteiger partial charge in [-0.3, -0.25) is 0 Å². The van der Waals surface area contributed by atoms with E-state index in [1.165, 1.54) is 0 Å². The molecule has 1 fully saturated rings. The molecule has 0 N–H and O–H groups in total. The van der Waals surface area contributed by atoms with Crippen LogP contribution < -0.4 is 4.90 Å². The summed E-state index contributed by atoms with van der Waals surface area (Å²) in [6.07, 6.45) is 0. The zero-order valence-corrected chi connectivity index (χ0v) is 10.8. The van der Waals surface area contributed by atoms with Crippen LogP contribution in [-0.4, -0.2) is 26.3 Å². The van der Waals surface area contributed by atoms with Gasteiger partial charge in [-0.2, -0.15) is 0 Å². The first-order valence-corrected chi connectivity index (χ1v) is 6.22. The van der Waals surface area contributed by atoms with E-state index in [9.17, 15) is 4.39 Å². The Balaban J connectivity index is 2.31. The van der Waals surface area contributed by atoms with Crippen molar-refractivity contribution in [3.63, 3.8) is 0 Å². The maximum atomic E-state index is 14.1. The predicted molar refractivity (Wildman–Crippen MR) is 68.3 cm³/mol. The highest BCUT2D eigenvalue weighted by Gasteiger charge is 2.16. The van der Waals surface area contributed by atoms with Crippen LogP contribution in [0.5, 0.6) is 0 Å². The van der Waals surface area contributed by atoms with Gasteiger partial charge in [-0.1, -0.05) is 13.8 Å². The largest absolute Gasteiger partial charge is 0.378 e. The van der Waals surface area contributed by atoms with Gasteiger partial charge in [0.2, 0.25) is 0 Å². The molecular weight excluding hydrogens is 217 g/mol. The molecule has 1 aromatic carbocycles. The summed E-state index contributed by atoms with van der Waals surface area (Å²) < 4.78 is 19.4. The van der Waals surface area contributed by atoms with Crippen molar-refractivity contribution in [2.75, 3.05) is 31.2 Å². The molecule has 0 aliphatic carbocycles. The molecule has 0 bridgehead atoms. The van der Waals surface area contributed by atoms with Crippen LogP contribution in [0.15, 0.2) is 12.1 Å². The average molecular weight is 237 g/mol. The number of rotatable bonds is 2. The second-order valence-corrected chi connectivity index (χ2v) is 4.91. The lowest BCUT2D eigenvalue weighted by molar-refractivity contribution is 0.122. The molecule has 0 spiro atoms. The number of anilines is 1. The number of benzene rings is 1. The number of halogens is 1. The standard InChI is InChI=1S/C14H20FNO/c1-10(2)14-11(3)8-12(9-13(14)15)16-4-6-17-7-5-16/h8-10H,4-7H2,1-3H3. The summed E-state index contributed by atoms with van der Waals surface area (Å²) >= 11 is 0. The minimum Gasteiger partial charge on any atom is -0.378 e. The van der Waals surface area contributed by atoms with E-state index in [-0.39, 0.29) is 11.7 Å². The first kappa shape index (κ1) is 12.4. The van der Waals surface area contributed by atoms with Crippen LogP contribution in [0.25, 0.3) is 0 Å². The maximum Gasteiger partial charge on any atom is 0.128 e. The van der Waals surface area contributed by atoms with E-state index >= 15 is 0 Å². The molecule has 0 amide bonds. The quantitative estimate of drug-likeness (QED) is 0.783. The van der Waals surface area contributed by atoms with Gasteiger partial charge in [-0.15, -0.1) is 0 Å². The Hall–Kier alpha value is -1.09. The minimum absolute atomic E-state index is 0.0820. The van der Waals surface area contributed by atoms with E-state index in [0.29, 0.717) is 0 Å². The molecule has 1 heterocycles. The maximum absolute atomic E-state index is 14.1. The Bertz CT molecular complexity index is 374. The Morgan fingerprint density at radius 3 is 2.41 bits per heavy atom. The summed E-state index contributed by atoms with van der Waals surface area (Å²) in [5.41, 5.74) is 2.86. The molecule has 2 nitrogen and oxygen atoms in total. The Labute approximate surface area is 102 Å². The summed E-state index contributed by atoms with van der Waals surface area (Å²) in [4.78, 5) is 2.18. The number of morpholine rings is 1. The minimum atomic E-state index is -0.0820. The lowest BCUT2D eigenvalue weighted by Crippen LogP contribution is -2.36. The fourth-order valence-electron chi connectivity index (χ4n) is 2.47. The highest BCUT2D eigenvalue weighted by Crippen LogP contribution is 2.28. The van der Waals surface area contributed by atoms with Gasteiger partial charge in [0.05, 0.1) is 13.2 Å². The monoisotopic (exact) mass is 237 g/mol. The number of hydrogen-bond donors (Lipinski definition) is 0. The summed E-state index contributed by atoms with van der Waals surface area (Å²) in [5, 5.41) is 0. The van der Waals surface area contributed by atoms with E-state index in [1.54, 1.807) is 6.07 Å². The van der Waals surface area contributed by atoms with Crippen molar-refractivity contribution >= 4 is 5.69 Å². The topological polar surface area (TPSA) is 12.5 Å². The lowest BCUT2D eigenvalue weighted by atomic mass is 9.96. The number of nitrogens with zero attached hydrogens (tertiary/aromatic N) is 1. The SMILES string of the molecule is Cc1cc(N2CCOCC2)cc(F)c1C(C)C. The van der Waals surface area contributed by atoms with Gasteiger partial charge in [-0.25, -0.2) is 4.39 Å². The van der Waals surface area contributed by atoms with Gasteiger partial charge in [0, 0.05) is 18.8 Å². The van der Waals surface area contributed by atoms with Crippen LogP contribution in [0.2, 0.25) is 0 Å². The third-order valence-electron chi connectivity index (χ3n) is 3.27. The number of hydrogen-bond acceptors (Lipinski definition) is 2. The van der Waals surface area contributed by atoms with Crippen molar-refractivity contribution in [3.05, 3.63) is 29.1 Å². The highest BCUT2D eigenvalue weighted by atomic mass is 19.1. The zero-order valence-electron chi connectivity index (χ0n) is 10.8. The summed E-state index contributed by atoms with van der Waals surface area (Å²) in [7, 11) is 0. The van der Waals surface area contributed by atoms with Gasteiger partial charge in [0.15, 0.2) is 0 Å². The van der Waals surface area contributed by atoms with Crippen LogP contribution in [0.1, 0.15) is 30.9 Å². The summed E-state index contributed by atoms with van der Waals surface area (Å²) in [5.74, 6) is 0.148. The van der Waals surface area contributed by atoms with Crippen LogP contribution in [0.4, 0.5) is 10.1 Å². The fourth-order valence-corrected chi connectivity index (χ4v) is 2.47. The van der Waals surface area contributed by atoms with Crippen LogP contribution in [-0.2, 0) is 4.74 Å². The van der Waals surface area contributed by atoms with Gasteiger partial charge in [-0.05, 0) is 36.1 Å². The third-order valence-corrected chi connectivity index (χ3v) is 3.27. The molecule has 0 atom stereocenters. The predicted octanol–water partition coefficient (Wildman–Crippen LogP) is 3.09. The molecule has 17 heavy (non-hydrogen) atoms. The van der Waals surface area contributed by atoms with Crippen molar-refractivity contribution in [1.82, 2.24) is 0 Å². The molecule has 0 aromatic heterocycles. The van der Waals surface area contributed by atoms with E-state index in [0.717, 1.165) is 43.1 Å². The van der Waals surface area contributed by atoms with Crippen LogP contribution in [0, 0.1) is 12.7 Å². The van der Waals surface area contributed by atoms with Gasteiger partial charge in [0.1, 0.15) is 5.82 Å². The third kappa shape index (κ3) is 2.60. The molecule has 0 saturated carbocycles. The second kappa shape index (κ2) is 5.05. The number of ether oxygens (including phenoxy) is 1. The van der Waals surface area contributed by atoms with Gasteiger partial charge in [0.25, 0.3) is 0 Å². The summed E-state index contributed by atoms with van der Waals surface area (Å²) in [6.45, 7) is 9.20. The van der Waals surface area contributed by atoms with Crippen molar-refractivity contribution < 1.29 is 9.13 Å². The molecule has 2 rings (SSSR count). The Morgan fingerprint density at radius 2 is 1.88 bits per heavy atom. The molecular formula is C14H20FNO. The fraction of sp³-hybridized carbons (Fsp3) is 0.571.